The summed E-state index contributed by atoms with van der Waals surface area (Å²) in [5.74, 6) is 0.834. The molecule has 0 atom stereocenters. The minimum absolute atomic E-state index is 0. The molecular weight excluding hydrogens is 431 g/mol. The fourth-order valence-electron chi connectivity index (χ4n) is 2.24. The van der Waals surface area contributed by atoms with Gasteiger partial charge in [-0.3, -0.25) is 4.48 Å². The molecule has 25 heavy (non-hydrogen) atoms. The molecule has 0 saturated carbocycles. The average Bonchev–Trinajstić information content (AvgIpc) is 2.47. The van der Waals surface area contributed by atoms with E-state index in [-0.39, 0.29) is 24.0 Å². The van der Waals surface area contributed by atoms with Crippen LogP contribution in [0.4, 0.5) is 16.2 Å². The van der Waals surface area contributed by atoms with Crippen LogP contribution >= 0.6 is 24.0 Å². The highest BCUT2D eigenvalue weighted by atomic mass is 127. The van der Waals surface area contributed by atoms with Crippen LogP contribution in [-0.2, 0) is 0 Å². The van der Waals surface area contributed by atoms with Gasteiger partial charge in [0.25, 0.3) is 0 Å². The summed E-state index contributed by atoms with van der Waals surface area (Å²) >= 11 is 0. The third-order valence-electron chi connectivity index (χ3n) is 3.38. The van der Waals surface area contributed by atoms with Crippen LogP contribution < -0.4 is 14.9 Å². The van der Waals surface area contributed by atoms with E-state index in [0.717, 1.165) is 4.48 Å². The number of amides is 1. The zero-order chi connectivity index (χ0) is 18.3. The van der Waals surface area contributed by atoms with Crippen LogP contribution in [0.2, 0.25) is 0 Å². The van der Waals surface area contributed by atoms with E-state index in [1.807, 2.05) is 12.1 Å². The third-order valence-corrected chi connectivity index (χ3v) is 3.38. The average molecular weight is 458 g/mol. The van der Waals surface area contributed by atoms with E-state index in [4.69, 9.17) is 0 Å². The largest absolute Gasteiger partial charge is 0.530 e. The third kappa shape index (κ3) is 8.22. The van der Waals surface area contributed by atoms with E-state index >= 15 is 0 Å². The highest BCUT2D eigenvalue weighted by molar-refractivity contribution is 14.0. The number of anilines is 1. The topological polar surface area (TPSA) is 72.4 Å². The van der Waals surface area contributed by atoms with Gasteiger partial charge in [0.05, 0.1) is 21.1 Å². The SMILES string of the molecule is CC(C)c1ccc(O)cc1[N+](C)(C)C.I.O=C([O-])Nc1ccccc1. The monoisotopic (exact) mass is 458 g/mol. The number of phenolic OH excluding ortho intramolecular Hbond substituents is 1. The highest BCUT2D eigenvalue weighted by Crippen LogP contribution is 2.32. The Labute approximate surface area is 166 Å². The second-order valence-corrected chi connectivity index (χ2v) is 6.69. The van der Waals surface area contributed by atoms with E-state index in [1.165, 1.54) is 11.3 Å². The second-order valence-electron chi connectivity index (χ2n) is 6.69. The Morgan fingerprint density at radius 3 is 2.08 bits per heavy atom. The number of phenols is 1. The summed E-state index contributed by atoms with van der Waals surface area (Å²) in [6, 6.07) is 14.2. The van der Waals surface area contributed by atoms with Crippen molar-refractivity contribution in [1.82, 2.24) is 4.48 Å². The number of rotatable bonds is 3. The quantitative estimate of drug-likeness (QED) is 0.544. The first-order chi connectivity index (χ1) is 11.1. The lowest BCUT2D eigenvalue weighted by Gasteiger charge is -2.27. The predicted molar refractivity (Wildman–Crippen MR) is 113 cm³/mol. The molecule has 0 radical (unpaired) electrons. The van der Waals surface area contributed by atoms with Gasteiger partial charge in [0.15, 0.2) is 0 Å². The van der Waals surface area contributed by atoms with Gasteiger partial charge in [0.1, 0.15) is 17.5 Å². The molecule has 138 valence electrons. The van der Waals surface area contributed by atoms with Crippen LogP contribution in [0.5, 0.6) is 5.75 Å². The first-order valence-corrected chi connectivity index (χ1v) is 7.79. The highest BCUT2D eigenvalue weighted by Gasteiger charge is 2.19. The summed E-state index contributed by atoms with van der Waals surface area (Å²) in [5, 5.41) is 21.5. The van der Waals surface area contributed by atoms with Gasteiger partial charge in [0, 0.05) is 17.3 Å². The number of nitrogens with zero attached hydrogens (tertiary/aromatic N) is 1. The van der Waals surface area contributed by atoms with Crippen LogP contribution in [0.3, 0.4) is 0 Å². The smallest absolute Gasteiger partial charge is 0.139 e. The predicted octanol–water partition coefficient (Wildman–Crippen LogP) is 3.77. The summed E-state index contributed by atoms with van der Waals surface area (Å²) in [6.45, 7) is 4.34. The second kappa shape index (κ2) is 10.2. The van der Waals surface area contributed by atoms with Gasteiger partial charge in [-0.1, -0.05) is 32.0 Å². The lowest BCUT2D eigenvalue weighted by atomic mass is 9.99. The number of para-hydroxylation sites is 1. The molecule has 2 aromatic carbocycles. The minimum Gasteiger partial charge on any atom is -0.530 e. The van der Waals surface area contributed by atoms with Crippen molar-refractivity contribution < 1.29 is 15.0 Å². The molecule has 0 aliphatic heterocycles. The molecule has 2 rings (SSSR count). The molecule has 0 aliphatic carbocycles. The first kappa shape index (κ1) is 23.2. The number of hydrogen-bond donors (Lipinski definition) is 2. The fourth-order valence-corrected chi connectivity index (χ4v) is 2.24. The molecule has 0 saturated heterocycles. The van der Waals surface area contributed by atoms with Crippen molar-refractivity contribution in [3.63, 3.8) is 0 Å². The normalized spacial score (nSPS) is 10.3. The molecule has 1 amide bonds. The minimum atomic E-state index is -1.29. The zero-order valence-corrected chi connectivity index (χ0v) is 17.6. The van der Waals surface area contributed by atoms with Gasteiger partial charge in [-0.15, -0.1) is 24.0 Å². The number of carboxylic acid groups (broad SMARTS) is 1. The number of carbonyl (C=O) groups excluding carboxylic acids is 1. The van der Waals surface area contributed by atoms with Crippen LogP contribution in [0, 0.1) is 0 Å². The molecule has 0 aromatic heterocycles. The summed E-state index contributed by atoms with van der Waals surface area (Å²) in [5.41, 5.74) is 3.01. The maximum atomic E-state index is 9.95. The fraction of sp³-hybridized carbons (Fsp3) is 0.316. The van der Waals surface area contributed by atoms with Gasteiger partial charge in [-0.2, -0.15) is 0 Å². The molecule has 0 aliphatic rings. The number of hydrogen-bond acceptors (Lipinski definition) is 3. The van der Waals surface area contributed by atoms with Gasteiger partial charge < -0.3 is 20.3 Å². The Morgan fingerprint density at radius 2 is 1.64 bits per heavy atom. The Kier molecular flexibility index (Phi) is 9.51. The van der Waals surface area contributed by atoms with Crippen molar-refractivity contribution in [3.8, 4) is 5.75 Å². The maximum absolute atomic E-state index is 9.95. The summed E-state index contributed by atoms with van der Waals surface area (Å²) in [6.07, 6.45) is -1.29. The molecule has 2 aromatic rings. The van der Waals surface area contributed by atoms with Crippen LogP contribution in [0.15, 0.2) is 48.5 Å². The van der Waals surface area contributed by atoms with Gasteiger partial charge in [-0.25, -0.2) is 0 Å². The van der Waals surface area contributed by atoms with Crippen LogP contribution in [0.1, 0.15) is 25.3 Å². The Hall–Kier alpha value is -1.80. The number of benzene rings is 2. The molecule has 0 unspecified atom stereocenters. The van der Waals surface area contributed by atoms with E-state index in [1.54, 1.807) is 36.4 Å². The van der Waals surface area contributed by atoms with E-state index in [0.29, 0.717) is 17.4 Å². The molecule has 5 nitrogen and oxygen atoms in total. The number of nitrogens with one attached hydrogen (secondary N) is 1. The van der Waals surface area contributed by atoms with E-state index < -0.39 is 6.09 Å². The summed E-state index contributed by atoms with van der Waals surface area (Å²) < 4.78 is 0.738. The number of aromatic hydroxyl groups is 1. The standard InChI is InChI=1S/C12H19NO.C7H7NO2.HI/c1-9(2)11-7-6-10(14)8-12(11)13(3,4)5;9-7(10)8-6-4-2-1-3-5-6;/h6-9H,1-5H3;1-5,8H,(H,9,10);1H. The van der Waals surface area contributed by atoms with E-state index in [9.17, 15) is 15.0 Å². The van der Waals surface area contributed by atoms with Gasteiger partial charge >= 0.3 is 0 Å². The van der Waals surface area contributed by atoms with Gasteiger partial charge in [-0.05, 0) is 30.2 Å². The first-order valence-electron chi connectivity index (χ1n) is 7.79. The Morgan fingerprint density at radius 1 is 1.08 bits per heavy atom. The zero-order valence-electron chi connectivity index (χ0n) is 15.3. The maximum Gasteiger partial charge on any atom is 0.139 e. The molecular formula is C19H27IN2O3. The molecule has 0 heterocycles. The molecule has 0 fully saturated rings. The van der Waals surface area contributed by atoms with Crippen molar-refractivity contribution in [2.45, 2.75) is 19.8 Å². The Balaban J connectivity index is 0.000000465. The van der Waals surface area contributed by atoms with Crippen LogP contribution in [-0.4, -0.2) is 32.3 Å². The molecule has 6 heteroatoms. The number of carbonyl (C=O) groups is 1. The Bertz CT molecular complexity index is 668. The van der Waals surface area contributed by atoms with Crippen molar-refractivity contribution in [3.05, 3.63) is 54.1 Å². The van der Waals surface area contributed by atoms with E-state index in [2.05, 4.69) is 40.3 Å². The summed E-state index contributed by atoms with van der Waals surface area (Å²) in [7, 11) is 6.34. The summed E-state index contributed by atoms with van der Waals surface area (Å²) in [4.78, 5) is 9.95. The molecule has 2 N–H and O–H groups in total. The van der Waals surface area contributed by atoms with Gasteiger partial charge in [0.2, 0.25) is 0 Å². The lowest BCUT2D eigenvalue weighted by Crippen LogP contribution is -2.35. The molecule has 0 spiro atoms. The van der Waals surface area contributed by atoms with Crippen LogP contribution in [0.25, 0.3) is 0 Å². The van der Waals surface area contributed by atoms with Crippen molar-refractivity contribution in [2.24, 2.45) is 0 Å². The van der Waals surface area contributed by atoms with Crippen molar-refractivity contribution in [1.29, 1.82) is 0 Å². The molecule has 0 bridgehead atoms. The van der Waals surface area contributed by atoms with Crippen molar-refractivity contribution in [2.75, 3.05) is 26.5 Å². The lowest BCUT2D eigenvalue weighted by molar-refractivity contribution is -0.242. The number of quaternary nitrogens is 1. The number of halogens is 1. The van der Waals surface area contributed by atoms with Crippen molar-refractivity contribution >= 4 is 41.4 Å².